The van der Waals surface area contributed by atoms with Crippen molar-refractivity contribution in [2.45, 2.75) is 58.2 Å². The molecule has 1 fully saturated rings. The first kappa shape index (κ1) is 13.5. The van der Waals surface area contributed by atoms with Crippen molar-refractivity contribution < 1.29 is 9.05 Å². The lowest BCUT2D eigenvalue weighted by atomic mass is 9.97. The topological polar surface area (TPSA) is 18.5 Å². The average Bonchev–Trinajstić information content (AvgIpc) is 2.29. The predicted molar refractivity (Wildman–Crippen MR) is 67.4 cm³/mol. The van der Waals surface area contributed by atoms with E-state index in [1.54, 1.807) is 0 Å². The fourth-order valence-electron chi connectivity index (χ4n) is 1.63. The molecule has 0 unspecified atom stereocenters. The fourth-order valence-corrected chi connectivity index (χ4v) is 2.93. The van der Waals surface area contributed by atoms with Crippen LogP contribution < -0.4 is 0 Å². The van der Waals surface area contributed by atoms with E-state index in [9.17, 15) is 0 Å². The lowest BCUT2D eigenvalue weighted by molar-refractivity contribution is 0.191. The van der Waals surface area contributed by atoms with Crippen molar-refractivity contribution in [3.63, 3.8) is 0 Å². The van der Waals surface area contributed by atoms with Crippen molar-refractivity contribution in [1.29, 1.82) is 0 Å². The molecular weight excluding hydrogens is 206 g/mol. The summed E-state index contributed by atoms with van der Waals surface area (Å²) >= 11 is 0. The molecule has 4 heteroatoms. The first-order chi connectivity index (χ1) is 7.43. The van der Waals surface area contributed by atoms with E-state index in [2.05, 4.69) is 13.9 Å². The molecule has 1 rings (SSSR count). The maximum Gasteiger partial charge on any atom is 0.221 e. The molecule has 0 saturated carbocycles. The van der Waals surface area contributed by atoms with E-state index in [0.29, 0.717) is 0 Å². The van der Waals surface area contributed by atoms with E-state index >= 15 is 0 Å². The maximum atomic E-state index is 5.51. The highest BCUT2D eigenvalue weighted by atomic mass is 31.2. The molecule has 0 aromatic carbocycles. The van der Waals surface area contributed by atoms with Crippen LogP contribution in [0.15, 0.2) is 0 Å². The van der Waals surface area contributed by atoms with E-state index < -0.39 is 8.25 Å². The third kappa shape index (κ3) is 7.33. The Morgan fingerprint density at radius 3 is 2.40 bits per heavy atom. The van der Waals surface area contributed by atoms with Crippen LogP contribution in [0.1, 0.15) is 51.9 Å². The largest absolute Gasteiger partial charge is 0.342 e. The summed E-state index contributed by atoms with van der Waals surface area (Å²) in [5.74, 6) is 0. The molecule has 87 valence electrons. The zero-order valence-electron chi connectivity index (χ0n) is 9.91. The average molecular weight is 229 g/mol. The Bertz CT molecular complexity index is 141. The van der Waals surface area contributed by atoms with Gasteiger partial charge in [-0.3, -0.25) is 0 Å². The molecule has 1 heterocycles. The summed E-state index contributed by atoms with van der Waals surface area (Å²) in [4.78, 5) is 0. The Labute approximate surface area is 96.2 Å². The van der Waals surface area contributed by atoms with Gasteiger partial charge in [-0.15, -0.1) is 0 Å². The van der Waals surface area contributed by atoms with Crippen LogP contribution in [-0.2, 0) is 9.05 Å². The van der Waals surface area contributed by atoms with Gasteiger partial charge in [0.2, 0.25) is 7.00 Å². The van der Waals surface area contributed by atoms with Crippen LogP contribution in [0, 0.1) is 0 Å². The SMILES string of the molecule is CCCCCCCC[B]P1OCCCO1. The molecule has 0 bridgehead atoms. The quantitative estimate of drug-likeness (QED) is 0.354. The summed E-state index contributed by atoms with van der Waals surface area (Å²) in [7, 11) is -0.624. The second-order valence-electron chi connectivity index (χ2n) is 4.04. The lowest BCUT2D eigenvalue weighted by Crippen LogP contribution is -2.08. The maximum absolute atomic E-state index is 5.51. The first-order valence-electron chi connectivity index (χ1n) is 6.32. The van der Waals surface area contributed by atoms with E-state index in [0.717, 1.165) is 26.0 Å². The van der Waals surface area contributed by atoms with E-state index in [4.69, 9.17) is 9.05 Å². The molecule has 0 aliphatic carbocycles. The zero-order valence-corrected chi connectivity index (χ0v) is 10.8. The van der Waals surface area contributed by atoms with Gasteiger partial charge >= 0.3 is 0 Å². The molecule has 1 aliphatic rings. The molecule has 1 saturated heterocycles. The van der Waals surface area contributed by atoms with Crippen molar-refractivity contribution in [3.8, 4) is 0 Å². The van der Waals surface area contributed by atoms with Crippen LogP contribution in [-0.4, -0.2) is 20.2 Å². The summed E-state index contributed by atoms with van der Waals surface area (Å²) < 4.78 is 11.0. The van der Waals surface area contributed by atoms with Crippen LogP contribution >= 0.6 is 8.25 Å². The van der Waals surface area contributed by atoms with E-state index in [-0.39, 0.29) is 0 Å². The van der Waals surface area contributed by atoms with Crippen LogP contribution in [0.5, 0.6) is 0 Å². The zero-order chi connectivity index (χ0) is 10.8. The Morgan fingerprint density at radius 2 is 1.67 bits per heavy atom. The predicted octanol–water partition coefficient (Wildman–Crippen LogP) is 4.13. The number of unbranched alkanes of at least 4 members (excludes halogenated alkanes) is 5. The van der Waals surface area contributed by atoms with Crippen LogP contribution in [0.2, 0.25) is 6.32 Å². The van der Waals surface area contributed by atoms with E-state index in [1.807, 2.05) is 0 Å². The van der Waals surface area contributed by atoms with Gasteiger partial charge in [0, 0.05) is 0 Å². The molecule has 0 aromatic heterocycles. The van der Waals surface area contributed by atoms with Crippen molar-refractivity contribution in [2.24, 2.45) is 0 Å². The van der Waals surface area contributed by atoms with Crippen molar-refractivity contribution >= 4 is 15.3 Å². The third-order valence-corrected chi connectivity index (χ3v) is 3.99. The van der Waals surface area contributed by atoms with Crippen molar-refractivity contribution in [3.05, 3.63) is 0 Å². The highest BCUT2D eigenvalue weighted by molar-refractivity contribution is 7.78. The second-order valence-corrected chi connectivity index (χ2v) is 5.50. The molecule has 0 atom stereocenters. The minimum Gasteiger partial charge on any atom is -0.342 e. The van der Waals surface area contributed by atoms with Gasteiger partial charge in [0.25, 0.3) is 0 Å². The Hall–Kier alpha value is 0.415. The lowest BCUT2D eigenvalue weighted by Gasteiger charge is -2.21. The Kier molecular flexibility index (Phi) is 8.65. The molecule has 1 aliphatic heterocycles. The number of hydrogen-bond acceptors (Lipinski definition) is 2. The van der Waals surface area contributed by atoms with Gasteiger partial charge in [-0.2, -0.15) is 0 Å². The molecule has 2 nitrogen and oxygen atoms in total. The van der Waals surface area contributed by atoms with Gasteiger partial charge in [-0.05, 0) is 6.42 Å². The molecule has 15 heavy (non-hydrogen) atoms. The Morgan fingerprint density at radius 1 is 1.00 bits per heavy atom. The van der Waals surface area contributed by atoms with E-state index in [1.165, 1.54) is 38.5 Å². The number of rotatable bonds is 8. The standard InChI is InChI=1S/C11H23BO2P/c1-2-3-4-5-6-7-9-12-15-13-10-8-11-14-15/h2-11H2,1H3. The van der Waals surface area contributed by atoms with Gasteiger partial charge in [0.05, 0.1) is 13.2 Å². The number of hydrogen-bond donors (Lipinski definition) is 0. The summed E-state index contributed by atoms with van der Waals surface area (Å²) in [6, 6.07) is 0. The third-order valence-electron chi connectivity index (χ3n) is 2.56. The highest BCUT2D eigenvalue weighted by Gasteiger charge is 2.14. The summed E-state index contributed by atoms with van der Waals surface area (Å²) in [5.41, 5.74) is 0. The minimum absolute atomic E-state index is 0.624. The summed E-state index contributed by atoms with van der Waals surface area (Å²) in [6.07, 6.45) is 10.4. The van der Waals surface area contributed by atoms with Gasteiger partial charge in [-0.1, -0.05) is 51.8 Å². The van der Waals surface area contributed by atoms with Crippen LogP contribution in [0.25, 0.3) is 0 Å². The minimum atomic E-state index is -0.624. The fraction of sp³-hybridized carbons (Fsp3) is 1.00. The Balaban J connectivity index is 1.79. The van der Waals surface area contributed by atoms with Crippen LogP contribution in [0.4, 0.5) is 0 Å². The van der Waals surface area contributed by atoms with Crippen LogP contribution in [0.3, 0.4) is 0 Å². The first-order valence-corrected chi connectivity index (χ1v) is 7.56. The van der Waals surface area contributed by atoms with Gasteiger partial charge in [0.1, 0.15) is 8.25 Å². The normalized spacial score (nSPS) is 17.9. The monoisotopic (exact) mass is 229 g/mol. The molecule has 0 amide bonds. The summed E-state index contributed by atoms with van der Waals surface area (Å²) in [6.45, 7) is 6.28. The highest BCUT2D eigenvalue weighted by Crippen LogP contribution is 2.40. The van der Waals surface area contributed by atoms with Gasteiger partial charge in [0.15, 0.2) is 0 Å². The second kappa shape index (κ2) is 9.63. The van der Waals surface area contributed by atoms with Crippen molar-refractivity contribution in [1.82, 2.24) is 0 Å². The molecule has 0 N–H and O–H groups in total. The summed E-state index contributed by atoms with van der Waals surface area (Å²) in [5, 5.41) is 0. The van der Waals surface area contributed by atoms with Crippen molar-refractivity contribution in [2.75, 3.05) is 13.2 Å². The van der Waals surface area contributed by atoms with Gasteiger partial charge in [-0.25, -0.2) is 0 Å². The molecule has 0 spiro atoms. The molecule has 0 aromatic rings. The smallest absolute Gasteiger partial charge is 0.221 e. The van der Waals surface area contributed by atoms with Gasteiger partial charge < -0.3 is 9.05 Å². The molecular formula is C11H23BO2P. The molecule has 1 radical (unpaired) electrons.